The molecule has 4 nitrogen and oxygen atoms in total. The van der Waals surface area contributed by atoms with Crippen molar-refractivity contribution in [1.82, 2.24) is 4.98 Å². The third-order valence-electron chi connectivity index (χ3n) is 2.27. The van der Waals surface area contributed by atoms with Gasteiger partial charge in [0.05, 0.1) is 13.0 Å². The van der Waals surface area contributed by atoms with Crippen molar-refractivity contribution in [3.8, 4) is 0 Å². The Labute approximate surface area is 108 Å². The fourth-order valence-corrected chi connectivity index (χ4v) is 1.77. The van der Waals surface area contributed by atoms with E-state index < -0.39 is 18.1 Å². The largest absolute Gasteiger partial charge is 0.466 e. The summed E-state index contributed by atoms with van der Waals surface area (Å²) in [5.74, 6) is -0.519. The van der Waals surface area contributed by atoms with Crippen molar-refractivity contribution in [2.45, 2.75) is 26.3 Å². The molecule has 0 aliphatic carbocycles. The average molecular weight is 279 g/mol. The number of hydrogen-bond acceptors (Lipinski definition) is 4. The van der Waals surface area contributed by atoms with Gasteiger partial charge in [0.1, 0.15) is 10.8 Å². The van der Waals surface area contributed by atoms with Crippen molar-refractivity contribution in [3.05, 3.63) is 28.0 Å². The highest BCUT2D eigenvalue weighted by Gasteiger charge is 2.20. The highest BCUT2D eigenvalue weighted by Crippen LogP contribution is 2.26. The van der Waals surface area contributed by atoms with E-state index in [1.165, 1.54) is 6.07 Å². The van der Waals surface area contributed by atoms with Gasteiger partial charge in [-0.3, -0.25) is 4.79 Å². The number of carbonyl (C=O) groups excluding carboxylic acids is 1. The minimum atomic E-state index is -2.79. The van der Waals surface area contributed by atoms with Crippen LogP contribution >= 0.6 is 11.6 Å². The van der Waals surface area contributed by atoms with Gasteiger partial charge in [-0.25, -0.2) is 13.8 Å². The van der Waals surface area contributed by atoms with Crippen LogP contribution in [0.5, 0.6) is 0 Å². The number of nitrogens with zero attached hydrogens (tertiary/aromatic N) is 1. The molecule has 0 aromatic carbocycles. The van der Waals surface area contributed by atoms with Crippen LogP contribution < -0.4 is 5.73 Å². The Morgan fingerprint density at radius 2 is 2.28 bits per heavy atom. The van der Waals surface area contributed by atoms with Gasteiger partial charge in [0.25, 0.3) is 6.43 Å². The second-order valence-electron chi connectivity index (χ2n) is 3.45. The maximum Gasteiger partial charge on any atom is 0.310 e. The number of nitrogens with two attached hydrogens (primary N) is 1. The van der Waals surface area contributed by atoms with Crippen LogP contribution in [0.3, 0.4) is 0 Å². The Morgan fingerprint density at radius 3 is 2.78 bits per heavy atom. The third-order valence-corrected chi connectivity index (χ3v) is 2.46. The number of hydrogen-bond donors (Lipinski definition) is 1. The Hall–Kier alpha value is -1.27. The molecular weight excluding hydrogens is 266 g/mol. The summed E-state index contributed by atoms with van der Waals surface area (Å²) >= 11 is 5.65. The first-order valence-corrected chi connectivity index (χ1v) is 5.69. The van der Waals surface area contributed by atoms with Crippen LogP contribution in [-0.2, 0) is 22.5 Å². The van der Waals surface area contributed by atoms with Crippen molar-refractivity contribution in [3.63, 3.8) is 0 Å². The molecule has 0 saturated heterocycles. The Balaban J connectivity index is 3.13. The van der Waals surface area contributed by atoms with Gasteiger partial charge >= 0.3 is 5.97 Å². The summed E-state index contributed by atoms with van der Waals surface area (Å²) in [6, 6.07) is 1.35. The molecule has 1 aromatic heterocycles. The fraction of sp³-hybridized carbons (Fsp3) is 0.455. The molecule has 1 heterocycles. The van der Waals surface area contributed by atoms with Crippen LogP contribution in [0.25, 0.3) is 0 Å². The molecule has 0 fully saturated rings. The molecule has 0 atom stereocenters. The standard InChI is InChI=1S/C11H13ClF2N2O2/c1-2-18-9(17)4-6-3-8(12)16-10(11(13)14)7(6)5-15/h3,11H,2,4-5,15H2,1H3. The van der Waals surface area contributed by atoms with Crippen molar-refractivity contribution in [1.29, 1.82) is 0 Å². The van der Waals surface area contributed by atoms with E-state index in [0.29, 0.717) is 5.56 Å². The van der Waals surface area contributed by atoms with Crippen LogP contribution in [0.4, 0.5) is 8.78 Å². The first kappa shape index (κ1) is 14.8. The zero-order valence-electron chi connectivity index (χ0n) is 9.75. The topological polar surface area (TPSA) is 65.2 Å². The van der Waals surface area contributed by atoms with Gasteiger partial charge in [0.15, 0.2) is 0 Å². The molecule has 1 aromatic rings. The third kappa shape index (κ3) is 3.61. The summed E-state index contributed by atoms with van der Waals surface area (Å²) < 4.78 is 30.3. The normalized spacial score (nSPS) is 10.8. The molecule has 0 aliphatic rings. The zero-order chi connectivity index (χ0) is 13.7. The molecule has 2 N–H and O–H groups in total. The summed E-state index contributed by atoms with van der Waals surface area (Å²) in [6.45, 7) is 1.74. The number of pyridine rings is 1. The average Bonchev–Trinajstić information content (AvgIpc) is 2.28. The zero-order valence-corrected chi connectivity index (χ0v) is 10.5. The monoisotopic (exact) mass is 278 g/mol. The number of esters is 1. The molecular formula is C11H13ClF2N2O2. The minimum Gasteiger partial charge on any atom is -0.466 e. The van der Waals surface area contributed by atoms with Gasteiger partial charge in [0, 0.05) is 6.54 Å². The van der Waals surface area contributed by atoms with Gasteiger partial charge in [-0.1, -0.05) is 11.6 Å². The highest BCUT2D eigenvalue weighted by atomic mass is 35.5. The van der Waals surface area contributed by atoms with Crippen LogP contribution in [0.1, 0.15) is 30.2 Å². The van der Waals surface area contributed by atoms with Crippen molar-refractivity contribution >= 4 is 17.6 Å². The van der Waals surface area contributed by atoms with Crippen LogP contribution in [0.15, 0.2) is 6.07 Å². The van der Waals surface area contributed by atoms with E-state index in [1.54, 1.807) is 6.92 Å². The Morgan fingerprint density at radius 1 is 1.61 bits per heavy atom. The quantitative estimate of drug-likeness (QED) is 0.663. The lowest BCUT2D eigenvalue weighted by atomic mass is 10.0. The molecule has 18 heavy (non-hydrogen) atoms. The molecule has 100 valence electrons. The van der Waals surface area contributed by atoms with E-state index in [0.717, 1.165) is 0 Å². The lowest BCUT2D eigenvalue weighted by Gasteiger charge is -2.12. The van der Waals surface area contributed by atoms with Gasteiger partial charge in [-0.2, -0.15) is 0 Å². The predicted octanol–water partition coefficient (Wildman–Crippen LogP) is 2.24. The maximum absolute atomic E-state index is 12.8. The summed E-state index contributed by atoms with van der Waals surface area (Å²) in [5, 5.41) is -0.0956. The van der Waals surface area contributed by atoms with Gasteiger partial charge < -0.3 is 10.5 Å². The molecule has 0 radical (unpaired) electrons. The Kier molecular flexibility index (Phi) is 5.43. The lowest BCUT2D eigenvalue weighted by Crippen LogP contribution is -2.14. The van der Waals surface area contributed by atoms with Crippen molar-refractivity contribution < 1.29 is 18.3 Å². The molecule has 1 rings (SSSR count). The molecule has 0 spiro atoms. The maximum atomic E-state index is 12.8. The number of ether oxygens (including phenoxy) is 1. The summed E-state index contributed by atoms with van der Waals surface area (Å²) in [4.78, 5) is 14.9. The molecule has 0 unspecified atom stereocenters. The summed E-state index contributed by atoms with van der Waals surface area (Å²) in [7, 11) is 0. The van der Waals surface area contributed by atoms with Crippen LogP contribution in [0.2, 0.25) is 5.15 Å². The lowest BCUT2D eigenvalue weighted by molar-refractivity contribution is -0.142. The first-order chi connectivity index (χ1) is 8.49. The first-order valence-electron chi connectivity index (χ1n) is 5.31. The van der Waals surface area contributed by atoms with E-state index in [9.17, 15) is 13.6 Å². The van der Waals surface area contributed by atoms with E-state index in [2.05, 4.69) is 4.98 Å². The van der Waals surface area contributed by atoms with E-state index >= 15 is 0 Å². The predicted molar refractivity (Wildman–Crippen MR) is 62.4 cm³/mol. The van der Waals surface area contributed by atoms with E-state index in [4.69, 9.17) is 22.1 Å². The van der Waals surface area contributed by atoms with Crippen LogP contribution in [0, 0.1) is 0 Å². The molecule has 0 aliphatic heterocycles. The smallest absolute Gasteiger partial charge is 0.310 e. The molecule has 7 heteroatoms. The van der Waals surface area contributed by atoms with Gasteiger partial charge in [-0.15, -0.1) is 0 Å². The SMILES string of the molecule is CCOC(=O)Cc1cc(Cl)nc(C(F)F)c1CN. The number of carbonyl (C=O) groups is 1. The van der Waals surface area contributed by atoms with Gasteiger partial charge in [-0.05, 0) is 24.1 Å². The second kappa shape index (κ2) is 6.61. The van der Waals surface area contributed by atoms with Crippen molar-refractivity contribution in [2.75, 3.05) is 6.61 Å². The number of alkyl halides is 2. The number of halogens is 3. The number of aromatic nitrogens is 1. The second-order valence-corrected chi connectivity index (χ2v) is 3.84. The van der Waals surface area contributed by atoms with E-state index in [1.807, 2.05) is 0 Å². The number of rotatable bonds is 5. The molecule has 0 bridgehead atoms. The van der Waals surface area contributed by atoms with Gasteiger partial charge in [0.2, 0.25) is 0 Å². The van der Waals surface area contributed by atoms with Crippen LogP contribution in [-0.4, -0.2) is 17.6 Å². The Bertz CT molecular complexity index is 441. The van der Waals surface area contributed by atoms with Crippen molar-refractivity contribution in [2.24, 2.45) is 5.73 Å². The highest BCUT2D eigenvalue weighted by molar-refractivity contribution is 6.29. The minimum absolute atomic E-state index is 0.0956. The van der Waals surface area contributed by atoms with E-state index in [-0.39, 0.29) is 30.3 Å². The fourth-order valence-electron chi connectivity index (χ4n) is 1.55. The molecule has 0 saturated carbocycles. The molecule has 0 amide bonds. The summed E-state index contributed by atoms with van der Waals surface area (Å²) in [6.07, 6.45) is -2.94. The summed E-state index contributed by atoms with van der Waals surface area (Å²) in [5.41, 5.74) is 5.40.